The molecule has 0 bridgehead atoms. The fourth-order valence-electron chi connectivity index (χ4n) is 1.68. The van der Waals surface area contributed by atoms with Crippen LogP contribution in [0, 0.1) is 5.92 Å². The first-order chi connectivity index (χ1) is 6.31. The highest BCUT2D eigenvalue weighted by Crippen LogP contribution is 2.33. The van der Waals surface area contributed by atoms with E-state index in [-0.39, 0.29) is 18.3 Å². The summed E-state index contributed by atoms with van der Waals surface area (Å²) >= 11 is 0. The molecule has 2 saturated carbocycles. The molecule has 2 fully saturated rings. The maximum absolute atomic E-state index is 9.39. The maximum Gasteiger partial charge on any atom is 0.110 e. The van der Waals surface area contributed by atoms with Gasteiger partial charge in [0.15, 0.2) is 0 Å². The zero-order chi connectivity index (χ0) is 9.26. The molecule has 1 N–H and O–H groups in total. The van der Waals surface area contributed by atoms with Crippen molar-refractivity contribution in [3.05, 3.63) is 0 Å². The molecule has 0 aromatic carbocycles. The highest BCUT2D eigenvalue weighted by atomic mass is 16.6. The average Bonchev–Trinajstić information content (AvgIpc) is 2.91. The molecule has 3 unspecified atom stereocenters. The van der Waals surface area contributed by atoms with Crippen molar-refractivity contribution in [2.45, 2.75) is 44.5 Å². The molecule has 13 heavy (non-hydrogen) atoms. The standard InChI is InChI=1S/C10H18O3/c1-2-12-10-8(11)5-9(10)13-6-7-3-4-7/h7-11H,2-6H2,1H3. The quantitative estimate of drug-likeness (QED) is 0.694. The van der Waals surface area contributed by atoms with Gasteiger partial charge in [-0.1, -0.05) is 0 Å². The van der Waals surface area contributed by atoms with E-state index < -0.39 is 0 Å². The van der Waals surface area contributed by atoms with Gasteiger partial charge in [-0.3, -0.25) is 0 Å². The molecule has 0 aliphatic heterocycles. The molecule has 0 aromatic rings. The minimum Gasteiger partial charge on any atom is -0.390 e. The van der Waals surface area contributed by atoms with Crippen LogP contribution in [0.2, 0.25) is 0 Å². The minimum atomic E-state index is -0.302. The summed E-state index contributed by atoms with van der Waals surface area (Å²) in [6, 6.07) is 0. The predicted octanol–water partition coefficient (Wildman–Crippen LogP) is 0.951. The summed E-state index contributed by atoms with van der Waals surface area (Å²) in [7, 11) is 0. The van der Waals surface area contributed by atoms with E-state index in [9.17, 15) is 5.11 Å². The fourth-order valence-corrected chi connectivity index (χ4v) is 1.68. The van der Waals surface area contributed by atoms with E-state index in [0.29, 0.717) is 6.61 Å². The molecule has 0 aromatic heterocycles. The summed E-state index contributed by atoms with van der Waals surface area (Å²) in [6.07, 6.45) is 3.16. The fraction of sp³-hybridized carbons (Fsp3) is 1.00. The van der Waals surface area contributed by atoms with Gasteiger partial charge in [-0.25, -0.2) is 0 Å². The van der Waals surface area contributed by atoms with Gasteiger partial charge < -0.3 is 14.6 Å². The zero-order valence-corrected chi connectivity index (χ0v) is 8.11. The van der Waals surface area contributed by atoms with Crippen LogP contribution in [0.4, 0.5) is 0 Å². The summed E-state index contributed by atoms with van der Waals surface area (Å²) in [5.74, 6) is 0.792. The van der Waals surface area contributed by atoms with Gasteiger partial charge in [-0.05, 0) is 25.7 Å². The SMILES string of the molecule is CCOC1C(O)CC1OCC1CC1. The number of hydrogen-bond acceptors (Lipinski definition) is 3. The minimum absolute atomic E-state index is 0.0660. The Labute approximate surface area is 79.0 Å². The number of aliphatic hydroxyl groups excluding tert-OH is 1. The van der Waals surface area contributed by atoms with Crippen LogP contribution in [-0.4, -0.2) is 36.6 Å². The third kappa shape index (κ3) is 2.22. The van der Waals surface area contributed by atoms with Crippen LogP contribution < -0.4 is 0 Å². The monoisotopic (exact) mass is 186 g/mol. The van der Waals surface area contributed by atoms with Gasteiger partial charge in [-0.15, -0.1) is 0 Å². The van der Waals surface area contributed by atoms with Gasteiger partial charge >= 0.3 is 0 Å². The molecule has 0 heterocycles. The van der Waals surface area contributed by atoms with E-state index in [4.69, 9.17) is 9.47 Å². The Balaban J connectivity index is 1.66. The topological polar surface area (TPSA) is 38.7 Å². The summed E-state index contributed by atoms with van der Waals surface area (Å²) in [5, 5.41) is 9.39. The maximum atomic E-state index is 9.39. The molecule has 0 spiro atoms. The van der Waals surface area contributed by atoms with Crippen LogP contribution in [-0.2, 0) is 9.47 Å². The number of aliphatic hydroxyl groups is 1. The van der Waals surface area contributed by atoms with E-state index in [2.05, 4.69) is 0 Å². The molecule has 0 amide bonds. The number of rotatable bonds is 5. The van der Waals surface area contributed by atoms with Gasteiger partial charge in [0, 0.05) is 19.6 Å². The van der Waals surface area contributed by atoms with Crippen LogP contribution in [0.15, 0.2) is 0 Å². The first-order valence-corrected chi connectivity index (χ1v) is 5.22. The second-order valence-electron chi connectivity index (χ2n) is 4.04. The Morgan fingerprint density at radius 2 is 2.08 bits per heavy atom. The lowest BCUT2D eigenvalue weighted by molar-refractivity contribution is -0.191. The smallest absolute Gasteiger partial charge is 0.110 e. The lowest BCUT2D eigenvalue weighted by atomic mass is 9.88. The average molecular weight is 186 g/mol. The Morgan fingerprint density at radius 1 is 1.31 bits per heavy atom. The van der Waals surface area contributed by atoms with Crippen molar-refractivity contribution < 1.29 is 14.6 Å². The normalized spacial score (nSPS) is 38.8. The number of ether oxygens (including phenoxy) is 2. The van der Waals surface area contributed by atoms with Gasteiger partial charge in [0.1, 0.15) is 6.10 Å². The van der Waals surface area contributed by atoms with Crippen molar-refractivity contribution in [1.29, 1.82) is 0 Å². The van der Waals surface area contributed by atoms with Crippen molar-refractivity contribution in [3.63, 3.8) is 0 Å². The third-order valence-corrected chi connectivity index (χ3v) is 2.82. The molecule has 76 valence electrons. The van der Waals surface area contributed by atoms with Gasteiger partial charge in [0.2, 0.25) is 0 Å². The molecule has 0 radical (unpaired) electrons. The third-order valence-electron chi connectivity index (χ3n) is 2.82. The van der Waals surface area contributed by atoms with Crippen molar-refractivity contribution in [2.75, 3.05) is 13.2 Å². The van der Waals surface area contributed by atoms with Crippen molar-refractivity contribution in [2.24, 2.45) is 5.92 Å². The van der Waals surface area contributed by atoms with Crippen molar-refractivity contribution in [1.82, 2.24) is 0 Å². The molecule has 3 nitrogen and oxygen atoms in total. The van der Waals surface area contributed by atoms with E-state index in [1.807, 2.05) is 6.92 Å². The van der Waals surface area contributed by atoms with E-state index in [1.54, 1.807) is 0 Å². The molecule has 3 heteroatoms. The lowest BCUT2D eigenvalue weighted by Crippen LogP contribution is -2.53. The van der Waals surface area contributed by atoms with Gasteiger partial charge in [-0.2, -0.15) is 0 Å². The number of hydrogen-bond donors (Lipinski definition) is 1. The van der Waals surface area contributed by atoms with Gasteiger partial charge in [0.05, 0.1) is 12.2 Å². The van der Waals surface area contributed by atoms with E-state index >= 15 is 0 Å². The summed E-state index contributed by atoms with van der Waals surface area (Å²) < 4.78 is 11.0. The van der Waals surface area contributed by atoms with Gasteiger partial charge in [0.25, 0.3) is 0 Å². The first kappa shape index (κ1) is 9.44. The lowest BCUT2D eigenvalue weighted by Gasteiger charge is -2.40. The summed E-state index contributed by atoms with van der Waals surface area (Å²) in [4.78, 5) is 0. The van der Waals surface area contributed by atoms with Crippen LogP contribution >= 0.6 is 0 Å². The molecule has 2 rings (SSSR count). The molecular formula is C10H18O3. The van der Waals surface area contributed by atoms with Crippen molar-refractivity contribution in [3.8, 4) is 0 Å². The second-order valence-corrected chi connectivity index (χ2v) is 4.04. The van der Waals surface area contributed by atoms with Crippen LogP contribution in [0.5, 0.6) is 0 Å². The summed E-state index contributed by atoms with van der Waals surface area (Å²) in [5.41, 5.74) is 0. The Morgan fingerprint density at radius 3 is 2.62 bits per heavy atom. The van der Waals surface area contributed by atoms with Crippen LogP contribution in [0.3, 0.4) is 0 Å². The molecule has 2 aliphatic rings. The summed E-state index contributed by atoms with van der Waals surface area (Å²) in [6.45, 7) is 3.47. The highest BCUT2D eigenvalue weighted by Gasteiger charge is 2.42. The molecule has 2 aliphatic carbocycles. The largest absolute Gasteiger partial charge is 0.390 e. The van der Waals surface area contributed by atoms with Crippen LogP contribution in [0.25, 0.3) is 0 Å². The van der Waals surface area contributed by atoms with Crippen LogP contribution in [0.1, 0.15) is 26.2 Å². The zero-order valence-electron chi connectivity index (χ0n) is 8.11. The predicted molar refractivity (Wildman–Crippen MR) is 48.5 cm³/mol. The van der Waals surface area contributed by atoms with E-state index in [0.717, 1.165) is 18.9 Å². The second kappa shape index (κ2) is 3.95. The first-order valence-electron chi connectivity index (χ1n) is 5.22. The molecule has 0 saturated heterocycles. The molecule has 3 atom stereocenters. The Bertz CT molecular complexity index is 168. The Hall–Kier alpha value is -0.120. The highest BCUT2D eigenvalue weighted by molar-refractivity contribution is 4.92. The van der Waals surface area contributed by atoms with E-state index in [1.165, 1.54) is 12.8 Å². The Kier molecular flexibility index (Phi) is 2.86. The van der Waals surface area contributed by atoms with Crippen molar-refractivity contribution >= 4 is 0 Å². The molecular weight excluding hydrogens is 168 g/mol.